The molecule has 0 bridgehead atoms. The van der Waals surface area contributed by atoms with Crippen molar-refractivity contribution in [1.29, 1.82) is 0 Å². The molecule has 0 aromatic heterocycles. The van der Waals surface area contributed by atoms with Gasteiger partial charge in [0.15, 0.2) is 0 Å². The number of halogens is 2. The molecule has 2 rings (SSSR count). The van der Waals surface area contributed by atoms with Crippen molar-refractivity contribution in [1.82, 2.24) is 4.90 Å². The number of hydrogen-bond donors (Lipinski definition) is 1. The number of aryl methyl sites for hydroxylation is 1. The van der Waals surface area contributed by atoms with Crippen LogP contribution in [0.2, 0.25) is 0 Å². The maximum Gasteiger partial charge on any atom is 0.326 e. The first-order chi connectivity index (χ1) is 9.49. The Bertz CT molecular complexity index is 535. The minimum atomic E-state index is -0.956. The number of nitrogens with zero attached hydrogens (tertiary/aromatic N) is 1. The average molecular weight is 344 g/mol. The highest BCUT2D eigenvalue weighted by atomic mass is 79.9. The molecule has 20 heavy (non-hydrogen) atoms. The Morgan fingerprint density at radius 2 is 2.20 bits per heavy atom. The smallest absolute Gasteiger partial charge is 0.326 e. The first kappa shape index (κ1) is 15.0. The Labute approximate surface area is 124 Å². The van der Waals surface area contributed by atoms with Gasteiger partial charge in [-0.05, 0) is 43.0 Å². The van der Waals surface area contributed by atoms with Gasteiger partial charge in [0.25, 0.3) is 0 Å². The van der Waals surface area contributed by atoms with E-state index in [9.17, 15) is 14.0 Å². The van der Waals surface area contributed by atoms with Gasteiger partial charge in [0.2, 0.25) is 5.91 Å². The van der Waals surface area contributed by atoms with Crippen LogP contribution in [0.15, 0.2) is 22.7 Å². The van der Waals surface area contributed by atoms with E-state index in [0.717, 1.165) is 4.47 Å². The fourth-order valence-corrected chi connectivity index (χ4v) is 2.89. The second-order valence-electron chi connectivity index (χ2n) is 4.82. The fraction of sp³-hybridized carbons (Fsp3) is 0.429. The number of rotatable bonds is 4. The van der Waals surface area contributed by atoms with Gasteiger partial charge in [-0.15, -0.1) is 0 Å². The van der Waals surface area contributed by atoms with Gasteiger partial charge in [0.1, 0.15) is 11.9 Å². The first-order valence-electron chi connectivity index (χ1n) is 6.45. The van der Waals surface area contributed by atoms with Crippen molar-refractivity contribution in [2.45, 2.75) is 31.7 Å². The minimum absolute atomic E-state index is 0.186. The zero-order valence-corrected chi connectivity index (χ0v) is 12.4. The third-order valence-corrected chi connectivity index (χ3v) is 4.25. The van der Waals surface area contributed by atoms with E-state index in [2.05, 4.69) is 15.9 Å². The molecule has 1 fully saturated rings. The molecule has 1 aliphatic rings. The number of carbonyl (C=O) groups excluding carboxylic acids is 1. The minimum Gasteiger partial charge on any atom is -0.480 e. The Balaban J connectivity index is 1.98. The molecule has 1 atom stereocenters. The molecule has 0 spiro atoms. The van der Waals surface area contributed by atoms with Gasteiger partial charge in [-0.1, -0.05) is 15.9 Å². The Kier molecular flexibility index (Phi) is 4.75. The lowest BCUT2D eigenvalue weighted by Gasteiger charge is -2.21. The predicted octanol–water partition coefficient (Wildman–Crippen LogP) is 2.60. The summed E-state index contributed by atoms with van der Waals surface area (Å²) in [5, 5.41) is 9.05. The van der Waals surface area contributed by atoms with Crippen LogP contribution in [0.3, 0.4) is 0 Å². The first-order valence-corrected chi connectivity index (χ1v) is 7.24. The largest absolute Gasteiger partial charge is 0.480 e. The van der Waals surface area contributed by atoms with Crippen LogP contribution in [0.1, 0.15) is 24.8 Å². The molecule has 4 nitrogen and oxygen atoms in total. The molecule has 1 aliphatic heterocycles. The number of aliphatic carboxylic acids is 1. The standard InChI is InChI=1S/C14H15BrFNO3/c15-11-5-4-10(16)8-9(11)3-6-13(18)17-7-1-2-12(17)14(19)20/h4-5,8,12H,1-3,6-7H2,(H,19,20)/t12-/m0/s1. The summed E-state index contributed by atoms with van der Waals surface area (Å²) in [6, 6.07) is 3.62. The predicted molar refractivity (Wildman–Crippen MR) is 74.8 cm³/mol. The molecule has 1 heterocycles. The number of hydrogen-bond acceptors (Lipinski definition) is 2. The molecule has 1 N–H and O–H groups in total. The lowest BCUT2D eigenvalue weighted by Crippen LogP contribution is -2.40. The Morgan fingerprint density at radius 3 is 2.90 bits per heavy atom. The highest BCUT2D eigenvalue weighted by Gasteiger charge is 2.33. The van der Waals surface area contributed by atoms with E-state index in [4.69, 9.17) is 5.11 Å². The topological polar surface area (TPSA) is 57.6 Å². The summed E-state index contributed by atoms with van der Waals surface area (Å²) in [6.07, 6.45) is 1.79. The van der Waals surface area contributed by atoms with Crippen LogP contribution in [-0.2, 0) is 16.0 Å². The van der Waals surface area contributed by atoms with Gasteiger partial charge in [-0.25, -0.2) is 9.18 Å². The van der Waals surface area contributed by atoms with E-state index in [1.165, 1.54) is 17.0 Å². The van der Waals surface area contributed by atoms with Crippen molar-refractivity contribution in [2.24, 2.45) is 0 Å². The third-order valence-electron chi connectivity index (χ3n) is 3.47. The molecule has 0 unspecified atom stereocenters. The zero-order chi connectivity index (χ0) is 14.7. The van der Waals surface area contributed by atoms with Crippen LogP contribution in [0.25, 0.3) is 0 Å². The molecule has 1 aromatic rings. The fourth-order valence-electron chi connectivity index (χ4n) is 2.44. The summed E-state index contributed by atoms with van der Waals surface area (Å²) in [6.45, 7) is 0.486. The third kappa shape index (κ3) is 3.36. The van der Waals surface area contributed by atoms with Crippen LogP contribution in [-0.4, -0.2) is 34.5 Å². The van der Waals surface area contributed by atoms with E-state index in [0.29, 0.717) is 31.4 Å². The maximum absolute atomic E-state index is 13.1. The molecule has 1 saturated heterocycles. The maximum atomic E-state index is 13.1. The molecule has 0 aliphatic carbocycles. The number of likely N-dealkylation sites (tertiary alicyclic amines) is 1. The van der Waals surface area contributed by atoms with Gasteiger partial charge in [0.05, 0.1) is 0 Å². The SMILES string of the molecule is O=C(O)[C@@H]1CCCN1C(=O)CCc1cc(F)ccc1Br. The monoisotopic (exact) mass is 343 g/mol. The van der Waals surface area contributed by atoms with Crippen molar-refractivity contribution in [3.63, 3.8) is 0 Å². The Morgan fingerprint density at radius 1 is 1.45 bits per heavy atom. The van der Waals surface area contributed by atoms with Crippen molar-refractivity contribution in [3.05, 3.63) is 34.1 Å². The lowest BCUT2D eigenvalue weighted by atomic mass is 10.1. The number of carbonyl (C=O) groups is 2. The van der Waals surface area contributed by atoms with Crippen LogP contribution < -0.4 is 0 Å². The van der Waals surface area contributed by atoms with E-state index in [-0.39, 0.29) is 18.1 Å². The summed E-state index contributed by atoms with van der Waals surface area (Å²) in [7, 11) is 0. The molecule has 1 aromatic carbocycles. The van der Waals surface area contributed by atoms with Crippen molar-refractivity contribution in [2.75, 3.05) is 6.54 Å². The van der Waals surface area contributed by atoms with Gasteiger partial charge in [-0.3, -0.25) is 4.79 Å². The van der Waals surface area contributed by atoms with Gasteiger partial charge in [0, 0.05) is 17.4 Å². The van der Waals surface area contributed by atoms with Crippen molar-refractivity contribution < 1.29 is 19.1 Å². The van der Waals surface area contributed by atoms with E-state index < -0.39 is 12.0 Å². The second kappa shape index (κ2) is 6.35. The molecule has 0 radical (unpaired) electrons. The number of amides is 1. The number of carboxylic acid groups (broad SMARTS) is 1. The molecular formula is C14H15BrFNO3. The molecule has 108 valence electrons. The van der Waals surface area contributed by atoms with Crippen LogP contribution in [0.5, 0.6) is 0 Å². The Hall–Kier alpha value is -1.43. The highest BCUT2D eigenvalue weighted by Crippen LogP contribution is 2.22. The second-order valence-corrected chi connectivity index (χ2v) is 5.67. The molecule has 0 saturated carbocycles. The normalized spacial score (nSPS) is 18.3. The summed E-state index contributed by atoms with van der Waals surface area (Å²) in [5.74, 6) is -1.49. The molecule has 6 heteroatoms. The van der Waals surface area contributed by atoms with Gasteiger partial charge >= 0.3 is 5.97 Å². The number of benzene rings is 1. The van der Waals surface area contributed by atoms with E-state index in [1.54, 1.807) is 6.07 Å². The van der Waals surface area contributed by atoms with Gasteiger partial charge in [-0.2, -0.15) is 0 Å². The zero-order valence-electron chi connectivity index (χ0n) is 10.8. The van der Waals surface area contributed by atoms with Crippen LogP contribution in [0.4, 0.5) is 4.39 Å². The van der Waals surface area contributed by atoms with Crippen molar-refractivity contribution in [3.8, 4) is 0 Å². The highest BCUT2D eigenvalue weighted by molar-refractivity contribution is 9.10. The number of carboxylic acids is 1. The summed E-state index contributed by atoms with van der Waals surface area (Å²) in [5.41, 5.74) is 0.712. The quantitative estimate of drug-likeness (QED) is 0.914. The average Bonchev–Trinajstić information content (AvgIpc) is 2.89. The summed E-state index contributed by atoms with van der Waals surface area (Å²) < 4.78 is 13.9. The van der Waals surface area contributed by atoms with E-state index >= 15 is 0 Å². The van der Waals surface area contributed by atoms with Crippen LogP contribution in [0, 0.1) is 5.82 Å². The van der Waals surface area contributed by atoms with Crippen LogP contribution >= 0.6 is 15.9 Å². The van der Waals surface area contributed by atoms with Gasteiger partial charge < -0.3 is 10.0 Å². The van der Waals surface area contributed by atoms with Crippen molar-refractivity contribution >= 4 is 27.8 Å². The summed E-state index contributed by atoms with van der Waals surface area (Å²) in [4.78, 5) is 24.5. The molecular weight excluding hydrogens is 329 g/mol. The molecule has 1 amide bonds. The summed E-state index contributed by atoms with van der Waals surface area (Å²) >= 11 is 3.31. The van der Waals surface area contributed by atoms with E-state index in [1.807, 2.05) is 0 Å². The lowest BCUT2D eigenvalue weighted by molar-refractivity contribution is -0.148.